The number of hydrogen-bond donors (Lipinski definition) is 0. The average Bonchev–Trinajstić information content (AvgIpc) is 2.62. The molecule has 1 amide bonds. The largest absolute Gasteiger partial charge is 0.339 e. The Morgan fingerprint density at radius 3 is 1.84 bits per heavy atom. The Kier molecular flexibility index (Phi) is 5.94. The van der Waals surface area contributed by atoms with Crippen molar-refractivity contribution in [2.24, 2.45) is 0 Å². The molecule has 4 fully saturated rings. The number of piperidine rings is 2. The van der Waals surface area contributed by atoms with E-state index in [2.05, 4.69) is 19.6 Å². The minimum atomic E-state index is 0.365. The molecule has 1 saturated carbocycles. The van der Waals surface area contributed by atoms with Crippen LogP contribution in [0.3, 0.4) is 0 Å². The number of amides is 1. The predicted molar refractivity (Wildman–Crippen MR) is 101 cm³/mol. The highest BCUT2D eigenvalue weighted by atomic mass is 16.2. The summed E-state index contributed by atoms with van der Waals surface area (Å²) < 4.78 is 0. The highest BCUT2D eigenvalue weighted by Crippen LogP contribution is 2.25. The molecule has 4 aliphatic rings. The van der Waals surface area contributed by atoms with Crippen LogP contribution < -0.4 is 0 Å². The van der Waals surface area contributed by atoms with Crippen LogP contribution in [0.2, 0.25) is 0 Å². The fraction of sp³-hybridized carbons (Fsp3) is 0.950. The molecule has 0 bridgehead atoms. The van der Waals surface area contributed by atoms with E-state index in [4.69, 9.17) is 0 Å². The van der Waals surface area contributed by atoms with Crippen molar-refractivity contribution in [3.63, 3.8) is 0 Å². The second-order valence-corrected chi connectivity index (χ2v) is 8.61. The fourth-order valence-corrected chi connectivity index (χ4v) is 5.11. The molecule has 25 heavy (non-hydrogen) atoms. The van der Waals surface area contributed by atoms with Gasteiger partial charge in [0.2, 0.25) is 5.91 Å². The van der Waals surface area contributed by atoms with Crippen molar-refractivity contribution < 1.29 is 4.79 Å². The Bertz CT molecular complexity index is 431. The van der Waals surface area contributed by atoms with Crippen molar-refractivity contribution in [2.45, 2.75) is 63.5 Å². The molecule has 0 aromatic rings. The zero-order chi connectivity index (χ0) is 17.1. The molecule has 0 unspecified atom stereocenters. The van der Waals surface area contributed by atoms with E-state index in [0.717, 1.165) is 51.4 Å². The number of rotatable bonds is 4. The number of likely N-dealkylation sites (tertiary alicyclic amines) is 2. The first-order chi connectivity index (χ1) is 12.3. The molecule has 3 aliphatic heterocycles. The van der Waals surface area contributed by atoms with Crippen molar-refractivity contribution in [1.29, 1.82) is 0 Å². The number of nitrogens with zero attached hydrogens (tertiary/aromatic N) is 4. The van der Waals surface area contributed by atoms with Gasteiger partial charge in [0.1, 0.15) is 0 Å². The van der Waals surface area contributed by atoms with Crippen molar-refractivity contribution >= 4 is 5.91 Å². The molecule has 0 atom stereocenters. The van der Waals surface area contributed by atoms with Crippen LogP contribution >= 0.6 is 0 Å². The van der Waals surface area contributed by atoms with Crippen molar-refractivity contribution in [2.75, 3.05) is 58.9 Å². The summed E-state index contributed by atoms with van der Waals surface area (Å²) in [5, 5.41) is 0. The lowest BCUT2D eigenvalue weighted by atomic mass is 9.91. The van der Waals surface area contributed by atoms with Crippen molar-refractivity contribution in [3.8, 4) is 0 Å². The van der Waals surface area contributed by atoms with Crippen molar-refractivity contribution in [1.82, 2.24) is 19.6 Å². The standard InChI is InChI=1S/C20H36N4O/c25-20(24-15-13-23(14-16-24)18-5-4-6-18)17-21-11-7-19(8-12-21)22-9-2-1-3-10-22/h18-19H,1-17H2. The van der Waals surface area contributed by atoms with Crippen LogP contribution in [-0.2, 0) is 4.79 Å². The average molecular weight is 349 g/mol. The van der Waals surface area contributed by atoms with E-state index in [1.54, 1.807) is 0 Å². The quantitative estimate of drug-likeness (QED) is 0.773. The smallest absolute Gasteiger partial charge is 0.236 e. The summed E-state index contributed by atoms with van der Waals surface area (Å²) in [6.07, 6.45) is 10.8. The molecule has 4 rings (SSSR count). The Labute approximate surface area is 153 Å². The number of carbonyl (C=O) groups is 1. The van der Waals surface area contributed by atoms with Gasteiger partial charge < -0.3 is 9.80 Å². The molecule has 3 saturated heterocycles. The van der Waals surface area contributed by atoms with Gasteiger partial charge in [0.15, 0.2) is 0 Å². The first-order valence-corrected chi connectivity index (χ1v) is 10.8. The lowest BCUT2D eigenvalue weighted by molar-refractivity contribution is -0.135. The van der Waals surface area contributed by atoms with Gasteiger partial charge in [-0.2, -0.15) is 0 Å². The summed E-state index contributed by atoms with van der Waals surface area (Å²) in [5.74, 6) is 0.365. The number of hydrogen-bond acceptors (Lipinski definition) is 4. The molecule has 1 aliphatic carbocycles. The summed E-state index contributed by atoms with van der Waals surface area (Å²) in [6.45, 7) is 9.53. The summed E-state index contributed by atoms with van der Waals surface area (Å²) in [4.78, 5) is 22.5. The van der Waals surface area contributed by atoms with Crippen LogP contribution in [0, 0.1) is 0 Å². The lowest BCUT2D eigenvalue weighted by Crippen LogP contribution is -2.55. The minimum absolute atomic E-state index is 0.365. The molecule has 0 aromatic carbocycles. The minimum Gasteiger partial charge on any atom is -0.339 e. The molecular weight excluding hydrogens is 312 g/mol. The first-order valence-electron chi connectivity index (χ1n) is 10.8. The Balaban J connectivity index is 1.16. The second-order valence-electron chi connectivity index (χ2n) is 8.61. The highest BCUT2D eigenvalue weighted by Gasteiger charge is 2.31. The third-order valence-corrected chi connectivity index (χ3v) is 7.08. The maximum atomic E-state index is 12.7. The Morgan fingerprint density at radius 2 is 1.24 bits per heavy atom. The molecule has 142 valence electrons. The summed E-state index contributed by atoms with van der Waals surface area (Å²) >= 11 is 0. The Morgan fingerprint density at radius 1 is 0.640 bits per heavy atom. The maximum absolute atomic E-state index is 12.7. The van der Waals surface area contributed by atoms with E-state index in [9.17, 15) is 4.79 Å². The van der Waals surface area contributed by atoms with E-state index in [-0.39, 0.29) is 0 Å². The molecule has 0 spiro atoms. The zero-order valence-corrected chi connectivity index (χ0v) is 15.9. The number of carbonyl (C=O) groups excluding carboxylic acids is 1. The van der Waals surface area contributed by atoms with E-state index < -0.39 is 0 Å². The zero-order valence-electron chi connectivity index (χ0n) is 15.9. The van der Waals surface area contributed by atoms with Gasteiger partial charge >= 0.3 is 0 Å². The van der Waals surface area contributed by atoms with Crippen LogP contribution in [0.5, 0.6) is 0 Å². The van der Waals surface area contributed by atoms with Crippen LogP contribution in [0.25, 0.3) is 0 Å². The second kappa shape index (κ2) is 8.36. The monoisotopic (exact) mass is 348 g/mol. The summed E-state index contributed by atoms with van der Waals surface area (Å²) in [6, 6.07) is 1.60. The number of piperazine rings is 1. The van der Waals surface area contributed by atoms with Gasteiger partial charge in [0.25, 0.3) is 0 Å². The van der Waals surface area contributed by atoms with E-state index in [0.29, 0.717) is 12.5 Å². The summed E-state index contributed by atoms with van der Waals surface area (Å²) in [7, 11) is 0. The van der Waals surface area contributed by atoms with Crippen LogP contribution in [0.1, 0.15) is 51.4 Å². The molecule has 3 heterocycles. The molecule has 0 radical (unpaired) electrons. The maximum Gasteiger partial charge on any atom is 0.236 e. The van der Waals surface area contributed by atoms with Gasteiger partial charge in [-0.1, -0.05) is 12.8 Å². The first kappa shape index (κ1) is 17.7. The van der Waals surface area contributed by atoms with Gasteiger partial charge in [-0.05, 0) is 51.6 Å². The lowest BCUT2D eigenvalue weighted by Gasteiger charge is -2.43. The van der Waals surface area contributed by atoms with Crippen LogP contribution in [-0.4, -0.2) is 96.5 Å². The highest BCUT2D eigenvalue weighted by molar-refractivity contribution is 5.78. The van der Waals surface area contributed by atoms with Crippen LogP contribution in [0.4, 0.5) is 0 Å². The van der Waals surface area contributed by atoms with E-state index in [1.807, 2.05) is 0 Å². The molecular formula is C20H36N4O. The van der Waals surface area contributed by atoms with Gasteiger partial charge in [-0.3, -0.25) is 14.6 Å². The SMILES string of the molecule is O=C(CN1CCC(N2CCCCC2)CC1)N1CCN(C2CCC2)CC1. The molecule has 0 aromatic heterocycles. The third kappa shape index (κ3) is 4.37. The molecule has 5 heteroatoms. The van der Waals surface area contributed by atoms with Crippen molar-refractivity contribution in [3.05, 3.63) is 0 Å². The van der Waals surface area contributed by atoms with Gasteiger partial charge in [0.05, 0.1) is 6.54 Å². The third-order valence-electron chi connectivity index (χ3n) is 7.08. The Hall–Kier alpha value is -0.650. The predicted octanol–water partition coefficient (Wildman–Crippen LogP) is 1.63. The van der Waals surface area contributed by atoms with E-state index >= 15 is 0 Å². The van der Waals surface area contributed by atoms with Gasteiger partial charge in [0, 0.05) is 51.4 Å². The normalized spacial score (nSPS) is 28.9. The topological polar surface area (TPSA) is 30.0 Å². The van der Waals surface area contributed by atoms with E-state index in [1.165, 1.54) is 64.5 Å². The van der Waals surface area contributed by atoms with Gasteiger partial charge in [-0.25, -0.2) is 0 Å². The van der Waals surface area contributed by atoms with Gasteiger partial charge in [-0.15, -0.1) is 0 Å². The van der Waals surface area contributed by atoms with Crippen LogP contribution in [0.15, 0.2) is 0 Å². The summed E-state index contributed by atoms with van der Waals surface area (Å²) in [5.41, 5.74) is 0. The fourth-order valence-electron chi connectivity index (χ4n) is 5.11. The molecule has 5 nitrogen and oxygen atoms in total. The molecule has 0 N–H and O–H groups in total.